The van der Waals surface area contributed by atoms with Gasteiger partial charge in [-0.3, -0.25) is 0 Å². The van der Waals surface area contributed by atoms with Gasteiger partial charge in [-0.25, -0.2) is 0 Å². The van der Waals surface area contributed by atoms with E-state index in [1.165, 1.54) is 5.56 Å². The van der Waals surface area contributed by atoms with E-state index in [-0.39, 0.29) is 5.41 Å². The summed E-state index contributed by atoms with van der Waals surface area (Å²) < 4.78 is 0. The van der Waals surface area contributed by atoms with Crippen molar-refractivity contribution in [2.45, 2.75) is 53.4 Å². The molecule has 1 nitrogen and oxygen atoms in total. The highest BCUT2D eigenvalue weighted by atomic mass is 16.3. The molecule has 1 rings (SSSR count). The minimum absolute atomic E-state index is 0.0231. The third-order valence-electron chi connectivity index (χ3n) is 2.28. The van der Waals surface area contributed by atoms with Gasteiger partial charge in [-0.2, -0.15) is 0 Å². The van der Waals surface area contributed by atoms with Crippen molar-refractivity contribution in [2.24, 2.45) is 0 Å². The summed E-state index contributed by atoms with van der Waals surface area (Å²) in [6.07, 6.45) is 1.02. The van der Waals surface area contributed by atoms with Crippen LogP contribution in [0.3, 0.4) is 0 Å². The first-order valence-electron chi connectivity index (χ1n) is 5.77. The fraction of sp³-hybridized carbons (Fsp3) is 0.571. The van der Waals surface area contributed by atoms with E-state index in [0.29, 0.717) is 5.75 Å². The van der Waals surface area contributed by atoms with Crippen LogP contribution in [-0.2, 0) is 11.8 Å². The molecule has 1 heteroatoms. The highest BCUT2D eigenvalue weighted by Gasteiger charge is 2.17. The monoisotopic (exact) mass is 208 g/mol. The third kappa shape index (κ3) is 3.94. The number of phenols is 1. The summed E-state index contributed by atoms with van der Waals surface area (Å²) >= 11 is 0. The first-order valence-corrected chi connectivity index (χ1v) is 5.77. The van der Waals surface area contributed by atoms with E-state index in [2.05, 4.69) is 33.8 Å². The van der Waals surface area contributed by atoms with Gasteiger partial charge >= 0.3 is 0 Å². The average molecular weight is 208 g/mol. The SMILES string of the molecule is CC.CCc1ccc(O)c(C(C)(C)C)c1. The van der Waals surface area contributed by atoms with Crippen molar-refractivity contribution in [2.75, 3.05) is 0 Å². The fourth-order valence-corrected chi connectivity index (χ4v) is 1.40. The summed E-state index contributed by atoms with van der Waals surface area (Å²) in [6, 6.07) is 5.86. The lowest BCUT2D eigenvalue weighted by molar-refractivity contribution is 0.446. The Hall–Kier alpha value is -0.980. The van der Waals surface area contributed by atoms with Gasteiger partial charge in [0.2, 0.25) is 0 Å². The molecule has 1 N–H and O–H groups in total. The van der Waals surface area contributed by atoms with Crippen molar-refractivity contribution in [3.8, 4) is 5.75 Å². The summed E-state index contributed by atoms with van der Waals surface area (Å²) in [6.45, 7) is 12.5. The van der Waals surface area contributed by atoms with E-state index in [1.54, 1.807) is 6.07 Å². The van der Waals surface area contributed by atoms with Crippen molar-refractivity contribution < 1.29 is 5.11 Å². The van der Waals surface area contributed by atoms with Gasteiger partial charge in [0.25, 0.3) is 0 Å². The Labute approximate surface area is 94.2 Å². The molecular formula is C14H24O. The van der Waals surface area contributed by atoms with Crippen LogP contribution in [0.1, 0.15) is 52.7 Å². The van der Waals surface area contributed by atoms with Gasteiger partial charge in [0.15, 0.2) is 0 Å². The standard InChI is InChI=1S/C12H18O.C2H6/c1-5-9-6-7-11(13)10(8-9)12(2,3)4;1-2/h6-8,13H,5H2,1-4H3;1-2H3. The summed E-state index contributed by atoms with van der Waals surface area (Å²) in [5.41, 5.74) is 2.34. The maximum atomic E-state index is 9.67. The average Bonchev–Trinajstić information content (AvgIpc) is 2.20. The van der Waals surface area contributed by atoms with Gasteiger partial charge in [-0.05, 0) is 29.0 Å². The Kier molecular flexibility index (Phi) is 5.41. The zero-order valence-corrected chi connectivity index (χ0v) is 10.9. The number of hydrogen-bond donors (Lipinski definition) is 1. The number of aromatic hydroxyl groups is 1. The fourth-order valence-electron chi connectivity index (χ4n) is 1.40. The molecule has 86 valence electrons. The van der Waals surface area contributed by atoms with E-state index in [9.17, 15) is 5.11 Å². The highest BCUT2D eigenvalue weighted by molar-refractivity contribution is 5.40. The van der Waals surface area contributed by atoms with E-state index in [0.717, 1.165) is 12.0 Å². The van der Waals surface area contributed by atoms with E-state index in [1.807, 2.05) is 19.9 Å². The first kappa shape index (κ1) is 14.0. The number of aryl methyl sites for hydroxylation is 1. The van der Waals surface area contributed by atoms with Crippen LogP contribution in [0.2, 0.25) is 0 Å². The van der Waals surface area contributed by atoms with E-state index >= 15 is 0 Å². The van der Waals surface area contributed by atoms with Crippen LogP contribution < -0.4 is 0 Å². The number of rotatable bonds is 1. The summed E-state index contributed by atoms with van der Waals surface area (Å²) in [7, 11) is 0. The predicted octanol–water partition coefficient (Wildman–Crippen LogP) is 4.28. The zero-order valence-electron chi connectivity index (χ0n) is 10.9. The second kappa shape index (κ2) is 5.79. The Morgan fingerprint density at radius 2 is 1.67 bits per heavy atom. The minimum atomic E-state index is 0.0231. The lowest BCUT2D eigenvalue weighted by Gasteiger charge is -2.21. The second-order valence-electron chi connectivity index (χ2n) is 4.46. The van der Waals surface area contributed by atoms with Gasteiger partial charge in [-0.1, -0.05) is 53.7 Å². The molecule has 0 bridgehead atoms. The van der Waals surface area contributed by atoms with Crippen molar-refractivity contribution in [3.05, 3.63) is 29.3 Å². The van der Waals surface area contributed by atoms with E-state index in [4.69, 9.17) is 0 Å². The Balaban J connectivity index is 0.000000921. The molecule has 0 aliphatic carbocycles. The minimum Gasteiger partial charge on any atom is -0.508 e. The molecule has 0 aromatic heterocycles. The Morgan fingerprint density at radius 3 is 2.07 bits per heavy atom. The van der Waals surface area contributed by atoms with Crippen molar-refractivity contribution in [1.29, 1.82) is 0 Å². The van der Waals surface area contributed by atoms with Crippen LogP contribution >= 0.6 is 0 Å². The molecule has 15 heavy (non-hydrogen) atoms. The molecule has 1 aromatic carbocycles. The Morgan fingerprint density at radius 1 is 1.13 bits per heavy atom. The van der Waals surface area contributed by atoms with Crippen molar-refractivity contribution in [3.63, 3.8) is 0 Å². The molecule has 0 spiro atoms. The maximum Gasteiger partial charge on any atom is 0.119 e. The molecule has 0 saturated carbocycles. The zero-order chi connectivity index (χ0) is 12.1. The second-order valence-corrected chi connectivity index (χ2v) is 4.46. The van der Waals surface area contributed by atoms with Crippen molar-refractivity contribution in [1.82, 2.24) is 0 Å². The van der Waals surface area contributed by atoms with Crippen LogP contribution in [0.25, 0.3) is 0 Å². The molecular weight excluding hydrogens is 184 g/mol. The van der Waals surface area contributed by atoms with Crippen LogP contribution in [0.4, 0.5) is 0 Å². The first-order chi connectivity index (χ1) is 6.95. The van der Waals surface area contributed by atoms with Gasteiger partial charge in [-0.15, -0.1) is 0 Å². The molecule has 0 unspecified atom stereocenters. The van der Waals surface area contributed by atoms with Crippen molar-refractivity contribution >= 4 is 0 Å². The van der Waals surface area contributed by atoms with Crippen LogP contribution in [0.5, 0.6) is 5.75 Å². The number of hydrogen-bond acceptors (Lipinski definition) is 1. The molecule has 0 radical (unpaired) electrons. The van der Waals surface area contributed by atoms with Gasteiger partial charge in [0, 0.05) is 0 Å². The molecule has 1 aromatic rings. The Bertz CT molecular complexity index is 295. The molecule has 0 aliphatic rings. The molecule has 0 heterocycles. The predicted molar refractivity (Wildman–Crippen MR) is 67.5 cm³/mol. The number of phenolic OH excluding ortho intramolecular Hbond substituents is 1. The van der Waals surface area contributed by atoms with Crippen LogP contribution in [-0.4, -0.2) is 5.11 Å². The molecule has 0 saturated heterocycles. The van der Waals surface area contributed by atoms with Gasteiger partial charge < -0.3 is 5.11 Å². The molecule has 0 aliphatic heterocycles. The van der Waals surface area contributed by atoms with Crippen LogP contribution in [0, 0.1) is 0 Å². The normalized spacial score (nSPS) is 10.5. The van der Waals surface area contributed by atoms with Gasteiger partial charge in [0.05, 0.1) is 0 Å². The summed E-state index contributed by atoms with van der Waals surface area (Å²) in [4.78, 5) is 0. The quantitative estimate of drug-likeness (QED) is 0.730. The lowest BCUT2D eigenvalue weighted by atomic mass is 9.85. The highest BCUT2D eigenvalue weighted by Crippen LogP contribution is 2.31. The molecule has 0 atom stereocenters. The van der Waals surface area contributed by atoms with Crippen LogP contribution in [0.15, 0.2) is 18.2 Å². The summed E-state index contributed by atoms with van der Waals surface area (Å²) in [5, 5.41) is 9.67. The lowest BCUT2D eigenvalue weighted by Crippen LogP contribution is -2.11. The molecule has 0 fully saturated rings. The third-order valence-corrected chi connectivity index (χ3v) is 2.28. The smallest absolute Gasteiger partial charge is 0.119 e. The maximum absolute atomic E-state index is 9.67. The van der Waals surface area contributed by atoms with E-state index < -0.39 is 0 Å². The largest absolute Gasteiger partial charge is 0.508 e. The molecule has 0 amide bonds. The summed E-state index contributed by atoms with van der Waals surface area (Å²) in [5.74, 6) is 0.407. The van der Waals surface area contributed by atoms with Gasteiger partial charge in [0.1, 0.15) is 5.75 Å². The number of benzene rings is 1. The topological polar surface area (TPSA) is 20.2 Å².